The van der Waals surface area contributed by atoms with Crippen LogP contribution in [0, 0.1) is 0 Å². The molecule has 0 aliphatic carbocycles. The Morgan fingerprint density at radius 3 is 2.68 bits per heavy atom. The highest BCUT2D eigenvalue weighted by atomic mass is 35.5. The van der Waals surface area contributed by atoms with Crippen molar-refractivity contribution in [2.24, 2.45) is 0 Å². The molecule has 6 heteroatoms. The molecule has 2 aromatic rings. The van der Waals surface area contributed by atoms with Gasteiger partial charge in [0.25, 0.3) is 0 Å². The number of aromatic nitrogens is 2. The Labute approximate surface area is 116 Å². The maximum absolute atomic E-state index is 6.02. The highest BCUT2D eigenvalue weighted by Gasteiger charge is 2.10. The van der Waals surface area contributed by atoms with Crippen LogP contribution >= 0.6 is 11.6 Å². The van der Waals surface area contributed by atoms with Gasteiger partial charge in [-0.15, -0.1) is 0 Å². The molecule has 1 aromatic carbocycles. The van der Waals surface area contributed by atoms with E-state index in [4.69, 9.17) is 25.8 Å². The van der Waals surface area contributed by atoms with Crippen molar-refractivity contribution in [3.05, 3.63) is 23.6 Å². The van der Waals surface area contributed by atoms with Crippen molar-refractivity contribution < 1.29 is 14.2 Å². The van der Waals surface area contributed by atoms with Gasteiger partial charge in [0.2, 0.25) is 0 Å². The van der Waals surface area contributed by atoms with Crippen molar-refractivity contribution in [2.75, 3.05) is 27.4 Å². The molecule has 0 atom stereocenters. The summed E-state index contributed by atoms with van der Waals surface area (Å²) in [4.78, 5) is 8.11. The second-order valence-electron chi connectivity index (χ2n) is 3.88. The van der Waals surface area contributed by atoms with Crippen LogP contribution in [0.15, 0.2) is 18.5 Å². The normalized spacial score (nSPS) is 10.7. The van der Waals surface area contributed by atoms with E-state index < -0.39 is 0 Å². The van der Waals surface area contributed by atoms with Gasteiger partial charge in [0.05, 0.1) is 19.2 Å². The quantitative estimate of drug-likeness (QED) is 0.602. The van der Waals surface area contributed by atoms with Crippen LogP contribution in [0.25, 0.3) is 10.9 Å². The molecule has 0 amide bonds. The molecule has 0 saturated heterocycles. The zero-order valence-electron chi connectivity index (χ0n) is 10.9. The summed E-state index contributed by atoms with van der Waals surface area (Å²) in [5.41, 5.74) is 0.725. The fraction of sp³-hybridized carbons (Fsp3) is 0.385. The molecular formula is C13H15ClN2O3. The van der Waals surface area contributed by atoms with Gasteiger partial charge < -0.3 is 14.2 Å². The third-order valence-electron chi connectivity index (χ3n) is 2.62. The van der Waals surface area contributed by atoms with Gasteiger partial charge in [-0.25, -0.2) is 9.97 Å². The summed E-state index contributed by atoms with van der Waals surface area (Å²) in [6, 6.07) is 3.58. The fourth-order valence-electron chi connectivity index (χ4n) is 1.69. The van der Waals surface area contributed by atoms with Crippen LogP contribution in [-0.2, 0) is 4.74 Å². The Morgan fingerprint density at radius 1 is 1.11 bits per heavy atom. The van der Waals surface area contributed by atoms with E-state index in [1.54, 1.807) is 26.4 Å². The number of halogens is 1. The van der Waals surface area contributed by atoms with E-state index >= 15 is 0 Å². The Bertz CT molecular complexity index is 563. The lowest BCUT2D eigenvalue weighted by Crippen LogP contribution is -2.03. The topological polar surface area (TPSA) is 53.5 Å². The third-order valence-corrected chi connectivity index (χ3v) is 2.92. The van der Waals surface area contributed by atoms with Crippen molar-refractivity contribution in [3.63, 3.8) is 0 Å². The van der Waals surface area contributed by atoms with Crippen LogP contribution in [0.3, 0.4) is 0 Å². The summed E-state index contributed by atoms with van der Waals surface area (Å²) in [7, 11) is 3.25. The van der Waals surface area contributed by atoms with E-state index in [1.165, 1.54) is 6.33 Å². The number of benzene rings is 1. The second kappa shape index (κ2) is 6.54. The zero-order chi connectivity index (χ0) is 13.7. The van der Waals surface area contributed by atoms with E-state index in [0.29, 0.717) is 29.9 Å². The van der Waals surface area contributed by atoms with Gasteiger partial charge in [-0.05, 0) is 6.07 Å². The van der Waals surface area contributed by atoms with Crippen LogP contribution in [-0.4, -0.2) is 37.4 Å². The molecule has 0 N–H and O–H groups in total. The molecule has 102 valence electrons. The molecule has 0 aliphatic rings. The lowest BCUT2D eigenvalue weighted by Gasteiger charge is -2.11. The minimum atomic E-state index is 0.397. The predicted octanol–water partition coefficient (Wildman–Crippen LogP) is 2.71. The van der Waals surface area contributed by atoms with Crippen molar-refractivity contribution in [1.82, 2.24) is 9.97 Å². The summed E-state index contributed by atoms with van der Waals surface area (Å²) >= 11 is 6.02. The maximum atomic E-state index is 6.02. The average molecular weight is 283 g/mol. The minimum Gasteiger partial charge on any atom is -0.493 e. The molecule has 0 fully saturated rings. The summed E-state index contributed by atoms with van der Waals surface area (Å²) in [5.74, 6) is 1.25. The van der Waals surface area contributed by atoms with Crippen molar-refractivity contribution in [1.29, 1.82) is 0 Å². The van der Waals surface area contributed by atoms with Gasteiger partial charge in [-0.2, -0.15) is 0 Å². The van der Waals surface area contributed by atoms with Crippen LogP contribution < -0.4 is 9.47 Å². The zero-order valence-corrected chi connectivity index (χ0v) is 11.6. The number of hydrogen-bond donors (Lipinski definition) is 0. The Morgan fingerprint density at radius 2 is 1.95 bits per heavy atom. The van der Waals surface area contributed by atoms with Gasteiger partial charge in [0.1, 0.15) is 11.5 Å². The number of nitrogens with zero attached hydrogens (tertiary/aromatic N) is 2. The van der Waals surface area contributed by atoms with E-state index in [9.17, 15) is 0 Å². The molecule has 0 aliphatic heterocycles. The number of hydrogen-bond acceptors (Lipinski definition) is 5. The summed E-state index contributed by atoms with van der Waals surface area (Å²) in [5, 5.41) is 1.14. The second-order valence-corrected chi connectivity index (χ2v) is 4.24. The maximum Gasteiger partial charge on any atom is 0.163 e. The smallest absolute Gasteiger partial charge is 0.163 e. The van der Waals surface area contributed by atoms with Crippen molar-refractivity contribution in [3.8, 4) is 11.5 Å². The SMILES string of the molecule is COCCCOc1cc2ncnc(Cl)c2cc1OC. The third kappa shape index (κ3) is 3.24. The summed E-state index contributed by atoms with van der Waals surface area (Å²) in [6.45, 7) is 1.21. The number of ether oxygens (including phenoxy) is 3. The fourth-order valence-corrected chi connectivity index (χ4v) is 1.89. The Hall–Kier alpha value is -1.59. The largest absolute Gasteiger partial charge is 0.493 e. The molecule has 1 aromatic heterocycles. The van der Waals surface area contributed by atoms with E-state index in [2.05, 4.69) is 9.97 Å². The van der Waals surface area contributed by atoms with Gasteiger partial charge in [-0.3, -0.25) is 0 Å². The standard InChI is InChI=1S/C13H15ClN2O3/c1-17-4-3-5-19-12-7-10-9(6-11(12)18-2)13(14)16-8-15-10/h6-8H,3-5H2,1-2H3. The number of methoxy groups -OCH3 is 2. The first-order valence-corrected chi connectivity index (χ1v) is 6.24. The lowest BCUT2D eigenvalue weighted by atomic mass is 10.2. The molecule has 0 saturated carbocycles. The molecule has 0 unspecified atom stereocenters. The Balaban J connectivity index is 2.27. The first-order valence-electron chi connectivity index (χ1n) is 5.86. The minimum absolute atomic E-state index is 0.397. The van der Waals surface area contributed by atoms with Crippen molar-refractivity contribution in [2.45, 2.75) is 6.42 Å². The first kappa shape index (κ1) is 13.8. The van der Waals surface area contributed by atoms with E-state index in [-0.39, 0.29) is 0 Å². The first-order chi connectivity index (χ1) is 9.26. The molecular weight excluding hydrogens is 268 g/mol. The molecule has 0 radical (unpaired) electrons. The number of rotatable bonds is 6. The lowest BCUT2D eigenvalue weighted by molar-refractivity contribution is 0.170. The van der Waals surface area contributed by atoms with Crippen LogP contribution in [0.5, 0.6) is 11.5 Å². The van der Waals surface area contributed by atoms with Crippen LogP contribution in [0.1, 0.15) is 6.42 Å². The van der Waals surface area contributed by atoms with Gasteiger partial charge in [0, 0.05) is 31.6 Å². The average Bonchev–Trinajstić information content (AvgIpc) is 2.43. The van der Waals surface area contributed by atoms with Gasteiger partial charge >= 0.3 is 0 Å². The number of fused-ring (bicyclic) bond motifs is 1. The summed E-state index contributed by atoms with van der Waals surface area (Å²) < 4.78 is 15.9. The Kier molecular flexibility index (Phi) is 4.76. The molecule has 0 bridgehead atoms. The van der Waals surface area contributed by atoms with Crippen LogP contribution in [0.4, 0.5) is 0 Å². The van der Waals surface area contributed by atoms with Crippen molar-refractivity contribution >= 4 is 22.5 Å². The predicted molar refractivity (Wildman–Crippen MR) is 73.1 cm³/mol. The van der Waals surface area contributed by atoms with E-state index in [0.717, 1.165) is 17.3 Å². The van der Waals surface area contributed by atoms with Gasteiger partial charge in [-0.1, -0.05) is 11.6 Å². The highest BCUT2D eigenvalue weighted by Crippen LogP contribution is 2.33. The molecule has 1 heterocycles. The monoisotopic (exact) mass is 282 g/mol. The van der Waals surface area contributed by atoms with E-state index in [1.807, 2.05) is 0 Å². The molecule has 0 spiro atoms. The summed E-state index contributed by atoms with van der Waals surface area (Å²) in [6.07, 6.45) is 2.23. The highest BCUT2D eigenvalue weighted by molar-refractivity contribution is 6.34. The van der Waals surface area contributed by atoms with Crippen LogP contribution in [0.2, 0.25) is 5.15 Å². The van der Waals surface area contributed by atoms with Gasteiger partial charge in [0.15, 0.2) is 11.5 Å². The molecule has 2 rings (SSSR count). The molecule has 19 heavy (non-hydrogen) atoms. The molecule has 5 nitrogen and oxygen atoms in total.